The zero-order chi connectivity index (χ0) is 55.5. The molecule has 0 aliphatic heterocycles. The number of sulfone groups is 1. The van der Waals surface area contributed by atoms with Gasteiger partial charge in [-0.05, 0) is 115 Å². The quantitative estimate of drug-likeness (QED) is 0.00431. The molecule has 7 aromatic rings. The van der Waals surface area contributed by atoms with E-state index in [4.69, 9.17) is 20.4 Å². The molecule has 0 aliphatic carbocycles. The summed E-state index contributed by atoms with van der Waals surface area (Å²) in [7, 11) is -13.3. The van der Waals surface area contributed by atoms with Crippen LogP contribution in [0.2, 0.25) is 0 Å². The van der Waals surface area contributed by atoms with Gasteiger partial charge in [0, 0.05) is 17.8 Å². The van der Waals surface area contributed by atoms with Crippen molar-refractivity contribution in [2.45, 2.75) is 19.6 Å². The fourth-order valence-electron chi connectivity index (χ4n) is 6.39. The number of phenolic OH excluding ortho intramolecular Hbond substituents is 3. The van der Waals surface area contributed by atoms with Gasteiger partial charge in [-0.3, -0.25) is 23.6 Å². The van der Waals surface area contributed by atoms with E-state index in [9.17, 15) is 55.2 Å². The average molecular weight is 1160 g/mol. The minimum absolute atomic E-state index is 0.0112. The molecule has 77 heavy (non-hydrogen) atoms. The fourth-order valence-corrected chi connectivity index (χ4v) is 10.0. The molecule has 0 fully saturated rings. The van der Waals surface area contributed by atoms with Gasteiger partial charge in [0.1, 0.15) is 27.7 Å². The molecular formula is C42H33N11O19S5. The Morgan fingerprint density at radius 1 is 0.623 bits per heavy atom. The number of sulfonamides is 1. The van der Waals surface area contributed by atoms with E-state index in [0.717, 1.165) is 6.07 Å². The van der Waals surface area contributed by atoms with Crippen LogP contribution >= 0.6 is 24.4 Å². The van der Waals surface area contributed by atoms with Crippen molar-refractivity contribution in [1.82, 2.24) is 0 Å². The van der Waals surface area contributed by atoms with Gasteiger partial charge in [-0.25, -0.2) is 27.4 Å². The first-order valence-electron chi connectivity index (χ1n) is 20.7. The van der Waals surface area contributed by atoms with Gasteiger partial charge in [-0.15, -0.1) is 29.1 Å². The molecule has 30 nitrogen and oxygen atoms in total. The Morgan fingerprint density at radius 2 is 1.16 bits per heavy atom. The van der Waals surface area contributed by atoms with Gasteiger partial charge in [0.15, 0.2) is 39.3 Å². The zero-order valence-electron chi connectivity index (χ0n) is 38.1. The minimum Gasteiger partial charge on any atom is -0.505 e. The molecule has 0 unspecified atom stereocenters. The maximum atomic E-state index is 13.3. The van der Waals surface area contributed by atoms with Crippen LogP contribution in [0, 0.1) is 10.1 Å². The van der Waals surface area contributed by atoms with Gasteiger partial charge >= 0.3 is 0 Å². The number of nitro benzene ring substituents is 1. The summed E-state index contributed by atoms with van der Waals surface area (Å²) < 4.78 is 103. The summed E-state index contributed by atoms with van der Waals surface area (Å²) in [6.45, 7) is -0.337. The summed E-state index contributed by atoms with van der Waals surface area (Å²) in [4.78, 5) is 8.95. The Labute approximate surface area is 441 Å². The minimum atomic E-state index is -5.16. The molecule has 0 spiro atoms. The molecule has 0 saturated carbocycles. The number of benzene rings is 7. The molecule has 7 aromatic carbocycles. The Bertz CT molecular complexity index is 3800. The van der Waals surface area contributed by atoms with Crippen LogP contribution in [0.4, 0.5) is 62.6 Å². The summed E-state index contributed by atoms with van der Waals surface area (Å²) in [5.41, 5.74) is 4.80. The first-order valence-corrected chi connectivity index (χ1v) is 26.7. The lowest BCUT2D eigenvalue weighted by atomic mass is 10.1. The van der Waals surface area contributed by atoms with Crippen LogP contribution in [0.5, 0.6) is 17.2 Å². The number of hydrogen-bond donors (Lipinski definition) is 8. The Balaban J connectivity index is 1.07. The molecular weight excluding hydrogens is 1120 g/mol. The molecule has 0 aliphatic rings. The highest BCUT2D eigenvalue weighted by molar-refractivity contribution is 7.94. The van der Waals surface area contributed by atoms with E-state index < -0.39 is 68.5 Å². The number of non-ortho nitro benzene ring substituents is 1. The zero-order valence-corrected chi connectivity index (χ0v) is 42.2. The van der Waals surface area contributed by atoms with Crippen molar-refractivity contribution in [1.29, 1.82) is 0 Å². The molecule has 0 aromatic heterocycles. The maximum absolute atomic E-state index is 13.3. The van der Waals surface area contributed by atoms with Gasteiger partial charge < -0.3 is 21.1 Å². The Kier molecular flexibility index (Phi) is 18.1. The van der Waals surface area contributed by atoms with Crippen LogP contribution in [0.15, 0.2) is 182 Å². The molecule has 0 heterocycles. The van der Waals surface area contributed by atoms with Crippen LogP contribution < -0.4 is 10.5 Å². The number of rotatable bonds is 23. The lowest BCUT2D eigenvalue weighted by Crippen LogP contribution is -2.12. The molecule has 0 radical (unpaired) electrons. The monoisotopic (exact) mass is 1160 g/mol. The largest absolute Gasteiger partial charge is 0.505 e. The summed E-state index contributed by atoms with van der Waals surface area (Å²) in [6.07, 6.45) is 0. The number of hydrogen-bond acceptors (Lipinski definition) is 29. The molecule has 400 valence electrons. The van der Waals surface area contributed by atoms with Crippen molar-refractivity contribution in [3.8, 4) is 17.2 Å². The smallest absolute Gasteiger partial charge is 0.296 e. The van der Waals surface area contributed by atoms with Crippen LogP contribution in [0.3, 0.4) is 0 Å². The number of nitro groups is 1. The number of nitrogens with one attached hydrogen (secondary N) is 1. The van der Waals surface area contributed by atoms with Gasteiger partial charge in [0.25, 0.3) is 25.8 Å². The van der Waals surface area contributed by atoms with Crippen LogP contribution in [0.25, 0.3) is 10.8 Å². The van der Waals surface area contributed by atoms with Crippen LogP contribution in [-0.2, 0) is 52.9 Å². The second-order valence-electron chi connectivity index (χ2n) is 14.9. The number of aromatic hydroxyl groups is 3. The van der Waals surface area contributed by atoms with Crippen molar-refractivity contribution in [2.24, 2.45) is 40.9 Å². The first-order chi connectivity index (χ1) is 36.7. The van der Waals surface area contributed by atoms with E-state index in [1.807, 2.05) is 0 Å². The Morgan fingerprint density at radius 3 is 1.73 bits per heavy atom. The van der Waals surface area contributed by atoms with Crippen LogP contribution in [0.1, 0.15) is 0 Å². The van der Waals surface area contributed by atoms with Crippen molar-refractivity contribution in [3.05, 3.63) is 131 Å². The third kappa shape index (κ3) is 14.2. The Hall–Kier alpha value is -8.17. The number of phenols is 3. The van der Waals surface area contributed by atoms with Crippen molar-refractivity contribution in [3.63, 3.8) is 0 Å². The number of fused-ring (bicyclic) bond motifs is 1. The number of nitrogen functional groups attached to an aromatic ring is 1. The molecule has 0 saturated heterocycles. The number of nitrogens with two attached hydrogens (primary N) is 1. The highest BCUT2D eigenvalue weighted by Crippen LogP contribution is 2.50. The highest BCUT2D eigenvalue weighted by atomic mass is 32.2. The number of azo groups is 4. The molecule has 9 N–H and O–H groups in total. The highest BCUT2D eigenvalue weighted by Gasteiger charge is 2.26. The molecule has 7 rings (SSSR count). The molecule has 0 amide bonds. The average Bonchev–Trinajstić information content (AvgIpc) is 3.45. The topological polar surface area (TPSA) is 450 Å². The van der Waals surface area contributed by atoms with E-state index in [1.165, 1.54) is 115 Å². The van der Waals surface area contributed by atoms with E-state index >= 15 is 0 Å². The first kappa shape index (κ1) is 56.6. The lowest BCUT2D eigenvalue weighted by molar-refractivity contribution is -0.434. The summed E-state index contributed by atoms with van der Waals surface area (Å²) >= 11 is 0.527. The number of anilines is 2. The summed E-state index contributed by atoms with van der Waals surface area (Å²) in [5.74, 6) is -2.48. The normalized spacial score (nSPS) is 12.5. The second kappa shape index (κ2) is 24.7. The molecule has 0 bridgehead atoms. The van der Waals surface area contributed by atoms with E-state index in [2.05, 4.69) is 64.4 Å². The SMILES string of the molecule is Nc1c(/N=N/c2ccc(S(=O)(=O)CCOSOOO)cc2)c(SOOO)cc2cc(S(=O)(=O)O)c(/N=N/c3ccc(NS(=O)(=O)c4ccc(/N=N/c5c(O)ccc(N=Nc6ccc([N+](=O)[O-])cc6)c5O)cc4)cc3)c(O)c12. The molecule has 0 atom stereocenters. The maximum Gasteiger partial charge on any atom is 0.296 e. The van der Waals surface area contributed by atoms with E-state index in [0.29, 0.717) is 12.0 Å². The standard InChI is InChI=1S/C42H33N11O19S5/c43-37-36-23(21-34(73-71-69-59)39(37)50-46-26-7-13-30(14-8-26)75(61,62)20-19-68-74-72-70-60)22-35(77(65,66)67)40(42(36)56)51-47-24-1-3-28(4-2-24)52-76(63,64)31-15-9-27(10-16-31)45-49-38-33(54)18-17-32(41(38)55)48-44-25-5-11-29(12-6-25)53(57)58/h1-18,21-22,52,54-56,59-60H,19-20,43H2,(H,65,66,67)/b48-44?,49-45+,50-46+,51-47+. The third-order valence-electron chi connectivity index (χ3n) is 9.99. The van der Waals surface area contributed by atoms with Crippen molar-refractivity contribution in [2.75, 3.05) is 22.8 Å². The van der Waals surface area contributed by atoms with Gasteiger partial charge in [0.05, 0.1) is 77.8 Å². The van der Waals surface area contributed by atoms with Gasteiger partial charge in [-0.2, -0.15) is 28.9 Å². The summed E-state index contributed by atoms with van der Waals surface area (Å²) in [6, 6.07) is 24.6. The predicted octanol–water partition coefficient (Wildman–Crippen LogP) is 11.4. The predicted molar refractivity (Wildman–Crippen MR) is 271 cm³/mol. The van der Waals surface area contributed by atoms with Gasteiger partial charge in [0.2, 0.25) is 0 Å². The van der Waals surface area contributed by atoms with Crippen LogP contribution in [-0.4, -0.2) is 72.9 Å². The van der Waals surface area contributed by atoms with E-state index in [-0.39, 0.29) is 101 Å². The van der Waals surface area contributed by atoms with Gasteiger partial charge in [-0.1, -0.05) is 10.1 Å². The van der Waals surface area contributed by atoms with Crippen molar-refractivity contribution < 1.29 is 83.5 Å². The third-order valence-corrected chi connectivity index (χ3v) is 14.9. The molecule has 35 heteroatoms. The fraction of sp³-hybridized carbons (Fsp3) is 0.0476. The van der Waals surface area contributed by atoms with E-state index in [1.54, 1.807) is 0 Å². The van der Waals surface area contributed by atoms with Crippen molar-refractivity contribution >= 4 is 128 Å². The number of nitrogens with zero attached hydrogens (tertiary/aromatic N) is 9. The lowest BCUT2D eigenvalue weighted by Gasteiger charge is -2.14. The summed E-state index contributed by atoms with van der Waals surface area (Å²) in [5, 5.41) is 98.7. The second-order valence-corrected chi connectivity index (χ2v) is 21.3.